The number of likely N-dealkylation sites (tertiary alicyclic amines) is 1. The fraction of sp³-hybridized carbons (Fsp3) is 0.276. The van der Waals surface area contributed by atoms with E-state index in [0.717, 1.165) is 0 Å². The van der Waals surface area contributed by atoms with Crippen LogP contribution in [0.3, 0.4) is 0 Å². The maximum absolute atomic E-state index is 13.5. The van der Waals surface area contributed by atoms with Crippen LogP contribution < -0.4 is 14.2 Å². The molecule has 204 valence electrons. The molecule has 1 amide bonds. The second kappa shape index (κ2) is 12.0. The minimum atomic E-state index is -0.959. The van der Waals surface area contributed by atoms with Gasteiger partial charge in [-0.05, 0) is 41.8 Å². The summed E-state index contributed by atoms with van der Waals surface area (Å²) in [5.41, 5.74) is 1.04. The number of nitrogens with zero attached hydrogens (tertiary/aromatic N) is 2. The second-order valence-electron chi connectivity index (χ2n) is 9.31. The molecule has 1 aromatic heterocycles. The lowest BCUT2D eigenvalue weighted by atomic mass is 9.94. The van der Waals surface area contributed by atoms with E-state index in [1.807, 2.05) is 13.8 Å². The van der Waals surface area contributed by atoms with Crippen molar-refractivity contribution in [3.8, 4) is 17.2 Å². The zero-order valence-corrected chi connectivity index (χ0v) is 23.4. The van der Waals surface area contributed by atoms with E-state index in [2.05, 4.69) is 4.98 Å². The van der Waals surface area contributed by atoms with Crippen molar-refractivity contribution in [3.05, 3.63) is 87.2 Å². The van der Waals surface area contributed by atoms with Gasteiger partial charge >= 0.3 is 0 Å². The molecule has 1 unspecified atom stereocenters. The second-order valence-corrected chi connectivity index (χ2v) is 10.1. The Bertz CT molecular complexity index is 1420. The maximum atomic E-state index is 13.5. The van der Waals surface area contributed by atoms with Crippen molar-refractivity contribution in [1.82, 2.24) is 9.88 Å². The molecule has 0 bridgehead atoms. The molecule has 1 N–H and O–H groups in total. The topological polar surface area (TPSA) is 98.2 Å². The Morgan fingerprint density at radius 2 is 1.79 bits per heavy atom. The van der Waals surface area contributed by atoms with E-state index >= 15 is 0 Å². The lowest BCUT2D eigenvalue weighted by Gasteiger charge is -2.26. The van der Waals surface area contributed by atoms with Gasteiger partial charge in [0.15, 0.2) is 11.5 Å². The van der Waals surface area contributed by atoms with Crippen LogP contribution in [0.4, 0.5) is 0 Å². The molecule has 1 fully saturated rings. The van der Waals surface area contributed by atoms with Crippen LogP contribution in [0.25, 0.3) is 5.76 Å². The minimum Gasteiger partial charge on any atom is -0.507 e. The first kappa shape index (κ1) is 28.3. The summed E-state index contributed by atoms with van der Waals surface area (Å²) in [6, 6.07) is 12.8. The van der Waals surface area contributed by atoms with Crippen molar-refractivity contribution in [2.24, 2.45) is 5.92 Å². The number of halogens is 2. The van der Waals surface area contributed by atoms with E-state index < -0.39 is 23.5 Å². The highest BCUT2D eigenvalue weighted by Gasteiger charge is 2.46. The lowest BCUT2D eigenvalue weighted by molar-refractivity contribution is -0.140. The van der Waals surface area contributed by atoms with Gasteiger partial charge < -0.3 is 24.2 Å². The molecule has 2 aromatic carbocycles. The fourth-order valence-electron chi connectivity index (χ4n) is 4.38. The summed E-state index contributed by atoms with van der Waals surface area (Å²) in [7, 11) is 2.75. The lowest BCUT2D eigenvalue weighted by Crippen LogP contribution is -2.29. The molecule has 4 rings (SSSR count). The number of Topliss-reactive ketones (excluding diaryl/α,β-unsaturated/α-hetero) is 1. The third-order valence-corrected chi connectivity index (χ3v) is 6.77. The SMILES string of the molecule is COc1c(Cl)cc(/C(O)=C2\C(=O)C(=O)N(Cc3ccccn3)C2c2cccc(OCC(C)C)c2)c(OC)c1Cl. The van der Waals surface area contributed by atoms with Gasteiger partial charge in [0.05, 0.1) is 55.3 Å². The molecule has 8 nitrogen and oxygen atoms in total. The smallest absolute Gasteiger partial charge is 0.296 e. The van der Waals surface area contributed by atoms with Crippen molar-refractivity contribution >= 4 is 40.7 Å². The van der Waals surface area contributed by atoms with Gasteiger partial charge in [0.25, 0.3) is 11.7 Å². The number of hydrogen-bond acceptors (Lipinski definition) is 7. The molecule has 0 saturated carbocycles. The van der Waals surface area contributed by atoms with Gasteiger partial charge in [0.2, 0.25) is 0 Å². The normalized spacial score (nSPS) is 16.6. The van der Waals surface area contributed by atoms with Crippen LogP contribution in [0.15, 0.2) is 60.3 Å². The molecule has 39 heavy (non-hydrogen) atoms. The first-order chi connectivity index (χ1) is 18.7. The van der Waals surface area contributed by atoms with Gasteiger partial charge in [-0.25, -0.2) is 0 Å². The van der Waals surface area contributed by atoms with Crippen molar-refractivity contribution in [2.75, 3.05) is 20.8 Å². The highest BCUT2D eigenvalue weighted by atomic mass is 35.5. The summed E-state index contributed by atoms with van der Waals surface area (Å²) >= 11 is 12.8. The Kier molecular flexibility index (Phi) is 8.67. The summed E-state index contributed by atoms with van der Waals surface area (Å²) in [5.74, 6) is -1.10. The molecular formula is C29H28Cl2N2O6. The van der Waals surface area contributed by atoms with Gasteiger partial charge in [0, 0.05) is 6.20 Å². The number of methoxy groups -OCH3 is 2. The summed E-state index contributed by atoms with van der Waals surface area (Å²) < 4.78 is 16.6. The van der Waals surface area contributed by atoms with E-state index in [1.54, 1.807) is 48.7 Å². The van der Waals surface area contributed by atoms with Gasteiger partial charge in [0.1, 0.15) is 16.5 Å². The number of rotatable bonds is 9. The van der Waals surface area contributed by atoms with Crippen LogP contribution in [-0.2, 0) is 16.1 Å². The van der Waals surface area contributed by atoms with E-state index in [4.69, 9.17) is 37.4 Å². The summed E-state index contributed by atoms with van der Waals surface area (Å²) in [4.78, 5) is 32.6. The van der Waals surface area contributed by atoms with E-state index in [0.29, 0.717) is 29.5 Å². The third kappa shape index (κ3) is 5.67. The van der Waals surface area contributed by atoms with Crippen molar-refractivity contribution in [3.63, 3.8) is 0 Å². The van der Waals surface area contributed by atoms with Gasteiger partial charge in [-0.2, -0.15) is 0 Å². The molecule has 0 aliphatic carbocycles. The van der Waals surface area contributed by atoms with Crippen LogP contribution in [0, 0.1) is 5.92 Å². The van der Waals surface area contributed by atoms with Crippen molar-refractivity contribution < 1.29 is 28.9 Å². The Hall–Kier alpha value is -3.75. The summed E-state index contributed by atoms with van der Waals surface area (Å²) in [6.45, 7) is 4.58. The minimum absolute atomic E-state index is 0.0115. The standard InChI is InChI=1S/C29H28Cl2N2O6/c1-16(2)15-39-19-10-7-8-17(12-19)24-22(26(35)29(36)33(24)14-18-9-5-6-11-32-18)25(34)20-13-21(30)28(38-4)23(31)27(20)37-3/h5-13,16,24,34H,14-15H2,1-4H3/b25-22+. The average Bonchev–Trinajstić information content (AvgIpc) is 3.17. The molecule has 1 atom stereocenters. The first-order valence-corrected chi connectivity index (χ1v) is 12.9. The quantitative estimate of drug-likeness (QED) is 0.189. The van der Waals surface area contributed by atoms with Crippen LogP contribution in [0.1, 0.15) is 36.7 Å². The third-order valence-electron chi connectivity index (χ3n) is 6.15. The monoisotopic (exact) mass is 570 g/mol. The number of pyridine rings is 1. The predicted molar refractivity (Wildman–Crippen MR) is 148 cm³/mol. The van der Waals surface area contributed by atoms with Crippen LogP contribution in [0.5, 0.6) is 17.2 Å². The Morgan fingerprint density at radius 1 is 1.05 bits per heavy atom. The molecule has 10 heteroatoms. The summed E-state index contributed by atoms with van der Waals surface area (Å²) in [6.07, 6.45) is 1.60. The molecule has 0 radical (unpaired) electrons. The largest absolute Gasteiger partial charge is 0.507 e. The summed E-state index contributed by atoms with van der Waals surface area (Å²) in [5, 5.41) is 11.7. The Balaban J connectivity index is 1.92. The molecule has 1 aliphatic rings. The Morgan fingerprint density at radius 3 is 2.44 bits per heavy atom. The maximum Gasteiger partial charge on any atom is 0.296 e. The van der Waals surface area contributed by atoms with Crippen LogP contribution in [0.2, 0.25) is 10.0 Å². The van der Waals surface area contributed by atoms with Crippen LogP contribution >= 0.6 is 23.2 Å². The zero-order chi connectivity index (χ0) is 28.3. The number of benzene rings is 2. The highest BCUT2D eigenvalue weighted by Crippen LogP contribution is 2.47. The fourth-order valence-corrected chi connectivity index (χ4v) is 5.07. The molecule has 2 heterocycles. The number of aliphatic hydroxyl groups excluding tert-OH is 1. The van der Waals surface area contributed by atoms with E-state index in [-0.39, 0.29) is 39.2 Å². The predicted octanol–water partition coefficient (Wildman–Crippen LogP) is 6.06. The number of aliphatic hydroxyl groups is 1. The molecular weight excluding hydrogens is 543 g/mol. The number of amides is 1. The highest BCUT2D eigenvalue weighted by molar-refractivity contribution is 6.47. The van der Waals surface area contributed by atoms with Crippen molar-refractivity contribution in [2.45, 2.75) is 26.4 Å². The van der Waals surface area contributed by atoms with Gasteiger partial charge in [-0.3, -0.25) is 14.6 Å². The average molecular weight is 571 g/mol. The van der Waals surface area contributed by atoms with E-state index in [1.165, 1.54) is 25.2 Å². The van der Waals surface area contributed by atoms with Crippen LogP contribution in [-0.4, -0.2) is 47.5 Å². The van der Waals surface area contributed by atoms with E-state index in [9.17, 15) is 14.7 Å². The molecule has 1 aliphatic heterocycles. The number of ketones is 1. The molecule has 1 saturated heterocycles. The number of carbonyl (C=O) groups excluding carboxylic acids is 2. The number of hydrogen-bond donors (Lipinski definition) is 1. The first-order valence-electron chi connectivity index (χ1n) is 12.2. The Labute approximate surface area is 236 Å². The van der Waals surface area contributed by atoms with Gasteiger partial charge in [-0.15, -0.1) is 0 Å². The number of ether oxygens (including phenoxy) is 3. The van der Waals surface area contributed by atoms with Gasteiger partial charge in [-0.1, -0.05) is 55.2 Å². The number of aromatic nitrogens is 1. The zero-order valence-electron chi connectivity index (χ0n) is 21.9. The molecule has 3 aromatic rings. The number of carbonyl (C=O) groups is 2. The molecule has 0 spiro atoms. The van der Waals surface area contributed by atoms with Crippen molar-refractivity contribution in [1.29, 1.82) is 0 Å².